The van der Waals surface area contributed by atoms with E-state index in [1.807, 2.05) is 12.3 Å². The number of anilines is 1. The normalized spacial score (nSPS) is 19.1. The number of nitrogens with two attached hydrogens (primary N) is 1. The number of thiocarbonyl (C=S) groups is 1. The van der Waals surface area contributed by atoms with Gasteiger partial charge in [0.25, 0.3) is 0 Å². The Bertz CT molecular complexity index is 460. The molecule has 2 rings (SSSR count). The quantitative estimate of drug-likeness (QED) is 0.862. The zero-order valence-electron chi connectivity index (χ0n) is 12.0. The Kier molecular flexibility index (Phi) is 4.09. The summed E-state index contributed by atoms with van der Waals surface area (Å²) in [6, 6.07) is 2.46. The highest BCUT2D eigenvalue weighted by Crippen LogP contribution is 2.38. The van der Waals surface area contributed by atoms with Crippen LogP contribution >= 0.6 is 12.2 Å². The van der Waals surface area contributed by atoms with E-state index in [4.69, 9.17) is 18.0 Å². The summed E-state index contributed by atoms with van der Waals surface area (Å²) in [5.74, 6) is 0. The molecular weight excluding hydrogens is 254 g/mol. The average Bonchev–Trinajstić information content (AvgIpc) is 2.38. The third-order valence-electron chi connectivity index (χ3n) is 4.30. The molecule has 19 heavy (non-hydrogen) atoms. The van der Waals surface area contributed by atoms with Gasteiger partial charge in [-0.2, -0.15) is 0 Å². The highest BCUT2D eigenvalue weighted by Gasteiger charge is 2.29. The largest absolute Gasteiger partial charge is 0.389 e. The highest BCUT2D eigenvalue weighted by atomic mass is 32.1. The lowest BCUT2D eigenvalue weighted by atomic mass is 9.75. The van der Waals surface area contributed by atoms with Crippen molar-refractivity contribution < 1.29 is 0 Å². The molecule has 1 aliphatic carbocycles. The molecule has 0 amide bonds. The van der Waals surface area contributed by atoms with Crippen LogP contribution in [0.25, 0.3) is 0 Å². The fourth-order valence-electron chi connectivity index (χ4n) is 2.84. The summed E-state index contributed by atoms with van der Waals surface area (Å²) in [6.07, 6.45) is 8.59. The van der Waals surface area contributed by atoms with Crippen LogP contribution in [0.5, 0.6) is 0 Å². The summed E-state index contributed by atoms with van der Waals surface area (Å²) < 4.78 is 0. The van der Waals surface area contributed by atoms with Crippen LogP contribution in [0.1, 0.15) is 45.1 Å². The first-order valence-corrected chi connectivity index (χ1v) is 7.28. The van der Waals surface area contributed by atoms with Gasteiger partial charge in [0.2, 0.25) is 0 Å². The first kappa shape index (κ1) is 14.3. The lowest BCUT2D eigenvalue weighted by Gasteiger charge is -2.40. The summed E-state index contributed by atoms with van der Waals surface area (Å²) in [5, 5.41) is 0. The summed E-state index contributed by atoms with van der Waals surface area (Å²) >= 11 is 5.13. The highest BCUT2D eigenvalue weighted by molar-refractivity contribution is 7.80. The molecule has 1 aromatic heterocycles. The van der Waals surface area contributed by atoms with Gasteiger partial charge >= 0.3 is 0 Å². The zero-order valence-corrected chi connectivity index (χ0v) is 12.8. The van der Waals surface area contributed by atoms with Crippen molar-refractivity contribution in [2.24, 2.45) is 11.1 Å². The van der Waals surface area contributed by atoms with Crippen LogP contribution in [0, 0.1) is 5.41 Å². The molecule has 0 radical (unpaired) electrons. The predicted octanol–water partition coefficient (Wildman–Crippen LogP) is 3.12. The minimum Gasteiger partial charge on any atom is -0.389 e. The van der Waals surface area contributed by atoms with E-state index in [1.54, 1.807) is 6.20 Å². The van der Waals surface area contributed by atoms with Crippen LogP contribution < -0.4 is 10.6 Å². The number of pyridine rings is 1. The molecule has 4 heteroatoms. The number of hydrogen-bond donors (Lipinski definition) is 1. The Morgan fingerprint density at radius 1 is 1.42 bits per heavy atom. The Balaban J connectivity index is 2.17. The molecule has 0 aromatic carbocycles. The van der Waals surface area contributed by atoms with E-state index in [1.165, 1.54) is 25.7 Å². The molecule has 1 fully saturated rings. The van der Waals surface area contributed by atoms with Crippen LogP contribution in [0.4, 0.5) is 5.69 Å². The van der Waals surface area contributed by atoms with Crippen LogP contribution in [0.15, 0.2) is 18.5 Å². The molecule has 0 atom stereocenters. The van der Waals surface area contributed by atoms with Crippen molar-refractivity contribution in [1.29, 1.82) is 0 Å². The first-order valence-electron chi connectivity index (χ1n) is 6.87. The molecule has 0 saturated heterocycles. The summed E-state index contributed by atoms with van der Waals surface area (Å²) in [6.45, 7) is 4.71. The molecule has 1 heterocycles. The van der Waals surface area contributed by atoms with Crippen LogP contribution in [0.2, 0.25) is 0 Å². The molecule has 1 aromatic rings. The van der Waals surface area contributed by atoms with Crippen LogP contribution in [-0.4, -0.2) is 23.1 Å². The molecule has 0 spiro atoms. The molecule has 0 bridgehead atoms. The van der Waals surface area contributed by atoms with Crippen molar-refractivity contribution in [3.63, 3.8) is 0 Å². The van der Waals surface area contributed by atoms with Gasteiger partial charge in [-0.05, 0) is 37.2 Å². The third-order valence-corrected chi connectivity index (χ3v) is 4.52. The average molecular weight is 277 g/mol. The van der Waals surface area contributed by atoms with E-state index in [2.05, 4.69) is 30.8 Å². The van der Waals surface area contributed by atoms with Gasteiger partial charge in [0.05, 0.1) is 11.9 Å². The SMILES string of the molecule is CN(c1cnccc1C(N)=S)C1CCC(C)(C)CC1. The number of hydrogen-bond acceptors (Lipinski definition) is 3. The topological polar surface area (TPSA) is 42.2 Å². The molecule has 3 nitrogen and oxygen atoms in total. The maximum Gasteiger partial charge on any atom is 0.106 e. The van der Waals surface area contributed by atoms with Gasteiger partial charge in [0.15, 0.2) is 0 Å². The molecule has 2 N–H and O–H groups in total. The van der Waals surface area contributed by atoms with E-state index in [0.29, 0.717) is 16.4 Å². The number of aromatic nitrogens is 1. The molecule has 0 aliphatic heterocycles. The van der Waals surface area contributed by atoms with Crippen molar-refractivity contribution >= 4 is 22.9 Å². The monoisotopic (exact) mass is 277 g/mol. The van der Waals surface area contributed by atoms with Crippen molar-refractivity contribution in [2.45, 2.75) is 45.6 Å². The van der Waals surface area contributed by atoms with Crippen molar-refractivity contribution in [1.82, 2.24) is 4.98 Å². The second kappa shape index (κ2) is 5.45. The summed E-state index contributed by atoms with van der Waals surface area (Å²) in [5.41, 5.74) is 8.27. The number of nitrogens with zero attached hydrogens (tertiary/aromatic N) is 2. The van der Waals surface area contributed by atoms with Crippen LogP contribution in [-0.2, 0) is 0 Å². The van der Waals surface area contributed by atoms with Crippen molar-refractivity contribution in [3.05, 3.63) is 24.0 Å². The van der Waals surface area contributed by atoms with Crippen molar-refractivity contribution in [2.75, 3.05) is 11.9 Å². The second-order valence-electron chi connectivity index (χ2n) is 6.26. The smallest absolute Gasteiger partial charge is 0.106 e. The third kappa shape index (κ3) is 3.24. The minimum absolute atomic E-state index is 0.445. The van der Waals surface area contributed by atoms with Crippen LogP contribution in [0.3, 0.4) is 0 Å². The van der Waals surface area contributed by atoms with E-state index >= 15 is 0 Å². The van der Waals surface area contributed by atoms with Gasteiger partial charge in [0.1, 0.15) is 4.99 Å². The molecule has 104 valence electrons. The Morgan fingerprint density at radius 2 is 2.05 bits per heavy atom. The van der Waals surface area contributed by atoms with Gasteiger partial charge in [0, 0.05) is 24.8 Å². The predicted molar refractivity (Wildman–Crippen MR) is 84.6 cm³/mol. The lowest BCUT2D eigenvalue weighted by molar-refractivity contribution is 0.222. The van der Waals surface area contributed by atoms with Gasteiger partial charge in [-0.25, -0.2) is 0 Å². The van der Waals surface area contributed by atoms with Gasteiger partial charge in [-0.1, -0.05) is 26.1 Å². The van der Waals surface area contributed by atoms with E-state index in [-0.39, 0.29) is 0 Å². The Morgan fingerprint density at radius 3 is 2.63 bits per heavy atom. The summed E-state index contributed by atoms with van der Waals surface area (Å²) in [4.78, 5) is 6.96. The maximum absolute atomic E-state index is 5.80. The minimum atomic E-state index is 0.445. The Labute approximate surface area is 121 Å². The van der Waals surface area contributed by atoms with E-state index in [9.17, 15) is 0 Å². The maximum atomic E-state index is 5.80. The van der Waals surface area contributed by atoms with Crippen molar-refractivity contribution in [3.8, 4) is 0 Å². The summed E-state index contributed by atoms with van der Waals surface area (Å²) in [7, 11) is 2.13. The second-order valence-corrected chi connectivity index (χ2v) is 6.70. The lowest BCUT2D eigenvalue weighted by Crippen LogP contribution is -2.38. The molecule has 0 unspecified atom stereocenters. The molecule has 1 aliphatic rings. The molecular formula is C15H23N3S. The fourth-order valence-corrected chi connectivity index (χ4v) is 3.02. The standard InChI is InChI=1S/C15H23N3S/c1-15(2)7-4-11(5-8-15)18(3)13-10-17-9-6-12(13)14(16)19/h6,9-11H,4-5,7-8H2,1-3H3,(H2,16,19). The van der Waals surface area contributed by atoms with E-state index in [0.717, 1.165) is 11.3 Å². The van der Waals surface area contributed by atoms with Gasteiger partial charge < -0.3 is 10.6 Å². The zero-order chi connectivity index (χ0) is 14.0. The number of rotatable bonds is 3. The molecule has 1 saturated carbocycles. The van der Waals surface area contributed by atoms with E-state index < -0.39 is 0 Å². The fraction of sp³-hybridized carbons (Fsp3) is 0.600. The van der Waals surface area contributed by atoms with Gasteiger partial charge in [-0.15, -0.1) is 0 Å². The first-order chi connectivity index (χ1) is 8.91. The Hall–Kier alpha value is -1.16. The van der Waals surface area contributed by atoms with Gasteiger partial charge in [-0.3, -0.25) is 4.98 Å².